The average Bonchev–Trinajstić information content (AvgIpc) is 2.22. The summed E-state index contributed by atoms with van der Waals surface area (Å²) >= 11 is 0. The lowest BCUT2D eigenvalue weighted by Crippen LogP contribution is -2.07. The van der Waals surface area contributed by atoms with E-state index in [4.69, 9.17) is 10.5 Å². The molecule has 2 atom stereocenters. The second-order valence-corrected chi connectivity index (χ2v) is 1.89. The number of hydrogen-bond acceptors (Lipinski definition) is 2. The third-order valence-corrected chi connectivity index (χ3v) is 1.16. The van der Waals surface area contributed by atoms with E-state index in [9.17, 15) is 0 Å². The molecule has 1 aliphatic rings. The highest BCUT2D eigenvalue weighted by Crippen LogP contribution is 2.21. The van der Waals surface area contributed by atoms with Gasteiger partial charge in [0.1, 0.15) is 0 Å². The van der Waals surface area contributed by atoms with E-state index in [1.807, 2.05) is 6.92 Å². The normalized spacial score (nSPS) is 38.6. The van der Waals surface area contributed by atoms with Crippen LogP contribution < -0.4 is 5.73 Å². The zero-order chi connectivity index (χ0) is 5.28. The standard InChI is InChI=1S/C5H11NO/c1-2-7-5-3-4(5)6/h4-5H,2-3,6H2,1H3. The van der Waals surface area contributed by atoms with E-state index < -0.39 is 0 Å². The topological polar surface area (TPSA) is 35.2 Å². The van der Waals surface area contributed by atoms with Crippen molar-refractivity contribution in [2.45, 2.75) is 25.5 Å². The van der Waals surface area contributed by atoms with Crippen LogP contribution in [0.25, 0.3) is 0 Å². The maximum Gasteiger partial charge on any atom is 0.0742 e. The van der Waals surface area contributed by atoms with Gasteiger partial charge in [-0.25, -0.2) is 0 Å². The van der Waals surface area contributed by atoms with Crippen LogP contribution in [0.1, 0.15) is 13.3 Å². The fourth-order valence-corrected chi connectivity index (χ4v) is 0.595. The van der Waals surface area contributed by atoms with Crippen molar-refractivity contribution in [1.29, 1.82) is 0 Å². The number of hydrogen-bond donors (Lipinski definition) is 1. The van der Waals surface area contributed by atoms with Gasteiger partial charge in [-0.05, 0) is 13.3 Å². The number of ether oxygens (including phenoxy) is 1. The molecule has 0 aliphatic heterocycles. The molecule has 1 saturated carbocycles. The molecule has 0 aromatic carbocycles. The summed E-state index contributed by atoms with van der Waals surface area (Å²) in [5.41, 5.74) is 5.43. The zero-order valence-corrected chi connectivity index (χ0v) is 4.55. The predicted molar refractivity (Wildman–Crippen MR) is 28.0 cm³/mol. The van der Waals surface area contributed by atoms with E-state index in [-0.39, 0.29) is 0 Å². The van der Waals surface area contributed by atoms with Gasteiger partial charge in [0.05, 0.1) is 6.10 Å². The van der Waals surface area contributed by atoms with E-state index in [1.165, 1.54) is 0 Å². The van der Waals surface area contributed by atoms with Crippen LogP contribution in [0, 0.1) is 0 Å². The maximum atomic E-state index is 5.43. The van der Waals surface area contributed by atoms with Crippen molar-refractivity contribution in [3.63, 3.8) is 0 Å². The Hall–Kier alpha value is -0.0800. The Balaban J connectivity index is 1.98. The van der Waals surface area contributed by atoms with E-state index in [0.717, 1.165) is 13.0 Å². The lowest BCUT2D eigenvalue weighted by Gasteiger charge is -1.92. The molecular weight excluding hydrogens is 90.1 g/mol. The van der Waals surface area contributed by atoms with Gasteiger partial charge in [-0.1, -0.05) is 0 Å². The summed E-state index contributed by atoms with van der Waals surface area (Å²) in [6.45, 7) is 2.80. The molecule has 0 amide bonds. The molecule has 0 heterocycles. The molecule has 0 aromatic rings. The first-order chi connectivity index (χ1) is 3.34. The summed E-state index contributed by atoms with van der Waals surface area (Å²) < 4.78 is 5.14. The summed E-state index contributed by atoms with van der Waals surface area (Å²) in [6.07, 6.45) is 1.46. The van der Waals surface area contributed by atoms with Crippen molar-refractivity contribution >= 4 is 0 Å². The summed E-state index contributed by atoms with van der Waals surface area (Å²) in [5, 5.41) is 0. The maximum absolute atomic E-state index is 5.43. The van der Waals surface area contributed by atoms with Gasteiger partial charge in [-0.15, -0.1) is 0 Å². The van der Waals surface area contributed by atoms with Gasteiger partial charge in [0.25, 0.3) is 0 Å². The van der Waals surface area contributed by atoms with E-state index in [2.05, 4.69) is 0 Å². The van der Waals surface area contributed by atoms with Gasteiger partial charge in [0.2, 0.25) is 0 Å². The summed E-state index contributed by atoms with van der Waals surface area (Å²) in [7, 11) is 0. The highest BCUT2D eigenvalue weighted by atomic mass is 16.5. The smallest absolute Gasteiger partial charge is 0.0742 e. The quantitative estimate of drug-likeness (QED) is 0.536. The molecule has 2 heteroatoms. The van der Waals surface area contributed by atoms with E-state index in [1.54, 1.807) is 0 Å². The molecule has 1 rings (SSSR count). The van der Waals surface area contributed by atoms with Crippen LogP contribution in [-0.2, 0) is 4.74 Å². The Labute approximate surface area is 43.6 Å². The third kappa shape index (κ3) is 1.14. The second kappa shape index (κ2) is 1.80. The lowest BCUT2D eigenvalue weighted by atomic mass is 10.7. The molecule has 7 heavy (non-hydrogen) atoms. The van der Waals surface area contributed by atoms with Crippen molar-refractivity contribution in [1.82, 2.24) is 0 Å². The van der Waals surface area contributed by atoms with Gasteiger partial charge in [0.15, 0.2) is 0 Å². The van der Waals surface area contributed by atoms with Crippen LogP contribution >= 0.6 is 0 Å². The van der Waals surface area contributed by atoms with Gasteiger partial charge >= 0.3 is 0 Å². The highest BCUT2D eigenvalue weighted by Gasteiger charge is 2.33. The molecular formula is C5H11NO. The van der Waals surface area contributed by atoms with Crippen LogP contribution in [0.15, 0.2) is 0 Å². The largest absolute Gasteiger partial charge is 0.377 e. The first-order valence-corrected chi connectivity index (χ1v) is 2.71. The molecule has 2 N–H and O–H groups in total. The van der Waals surface area contributed by atoms with Gasteiger partial charge < -0.3 is 10.5 Å². The SMILES string of the molecule is CCOC1CC1N. The minimum Gasteiger partial charge on any atom is -0.377 e. The van der Waals surface area contributed by atoms with Crippen LogP contribution in [0.2, 0.25) is 0 Å². The van der Waals surface area contributed by atoms with Gasteiger partial charge in [-0.3, -0.25) is 0 Å². The fraction of sp³-hybridized carbons (Fsp3) is 1.00. The first kappa shape index (κ1) is 5.06. The fourth-order valence-electron chi connectivity index (χ4n) is 0.595. The zero-order valence-electron chi connectivity index (χ0n) is 4.55. The third-order valence-electron chi connectivity index (χ3n) is 1.16. The van der Waals surface area contributed by atoms with Crippen LogP contribution in [-0.4, -0.2) is 18.8 Å². The molecule has 42 valence electrons. The summed E-state index contributed by atoms with van der Waals surface area (Å²) in [4.78, 5) is 0. The van der Waals surface area contributed by atoms with Crippen molar-refractivity contribution in [2.75, 3.05) is 6.61 Å². The number of nitrogens with two attached hydrogens (primary N) is 1. The Morgan fingerprint density at radius 1 is 1.86 bits per heavy atom. The van der Waals surface area contributed by atoms with Crippen LogP contribution in [0.5, 0.6) is 0 Å². The molecule has 2 nitrogen and oxygen atoms in total. The van der Waals surface area contributed by atoms with Gasteiger partial charge in [0, 0.05) is 12.6 Å². The second-order valence-electron chi connectivity index (χ2n) is 1.89. The van der Waals surface area contributed by atoms with Crippen molar-refractivity contribution in [3.8, 4) is 0 Å². The highest BCUT2D eigenvalue weighted by molar-refractivity contribution is 4.91. The summed E-state index contributed by atoms with van der Waals surface area (Å²) in [6, 6.07) is 0.347. The first-order valence-electron chi connectivity index (χ1n) is 2.71. The molecule has 0 aromatic heterocycles. The Kier molecular flexibility index (Phi) is 1.30. The Morgan fingerprint density at radius 3 is 2.57 bits per heavy atom. The van der Waals surface area contributed by atoms with E-state index in [0.29, 0.717) is 12.1 Å². The lowest BCUT2D eigenvalue weighted by molar-refractivity contribution is 0.129. The monoisotopic (exact) mass is 101 g/mol. The Morgan fingerprint density at radius 2 is 2.43 bits per heavy atom. The summed E-state index contributed by atoms with van der Waals surface area (Å²) in [5.74, 6) is 0. The molecule has 0 bridgehead atoms. The van der Waals surface area contributed by atoms with Crippen molar-refractivity contribution < 1.29 is 4.74 Å². The molecule has 0 saturated heterocycles. The predicted octanol–water partition coefficient (Wildman–Crippen LogP) is 0.123. The van der Waals surface area contributed by atoms with Crippen LogP contribution in [0.4, 0.5) is 0 Å². The molecule has 1 fully saturated rings. The average molecular weight is 101 g/mol. The Bertz CT molecular complexity index is 65.1. The minimum absolute atomic E-state index is 0.347. The van der Waals surface area contributed by atoms with Crippen LogP contribution in [0.3, 0.4) is 0 Å². The molecule has 0 spiro atoms. The van der Waals surface area contributed by atoms with E-state index >= 15 is 0 Å². The molecule has 1 aliphatic carbocycles. The van der Waals surface area contributed by atoms with Crippen molar-refractivity contribution in [2.24, 2.45) is 5.73 Å². The van der Waals surface area contributed by atoms with Crippen molar-refractivity contribution in [3.05, 3.63) is 0 Å². The number of rotatable bonds is 2. The minimum atomic E-state index is 0.347. The molecule has 0 radical (unpaired) electrons. The molecule has 2 unspecified atom stereocenters. The van der Waals surface area contributed by atoms with Gasteiger partial charge in [-0.2, -0.15) is 0 Å².